The average molecular weight is 228 g/mol. The molecular weight excluding hydrogens is 222 g/mol. The summed E-state index contributed by atoms with van der Waals surface area (Å²) in [4.78, 5) is 21.3. The van der Waals surface area contributed by atoms with Crippen LogP contribution in [-0.4, -0.2) is 10.6 Å². The van der Waals surface area contributed by atoms with Crippen molar-refractivity contribution in [1.29, 1.82) is 0 Å². The summed E-state index contributed by atoms with van der Waals surface area (Å²) < 4.78 is -0.210. The van der Waals surface area contributed by atoms with Crippen LogP contribution >= 0.6 is 15.9 Å². The lowest BCUT2D eigenvalue weighted by Gasteiger charge is -1.95. The van der Waals surface area contributed by atoms with E-state index in [0.29, 0.717) is 11.1 Å². The van der Waals surface area contributed by atoms with Crippen LogP contribution in [0.1, 0.15) is 20.7 Å². The molecule has 4 heteroatoms. The Labute approximate surface area is 77.7 Å². The van der Waals surface area contributed by atoms with Gasteiger partial charge in [-0.05, 0) is 40.2 Å². The molecule has 3 nitrogen and oxygen atoms in total. The Balaban J connectivity index is 3.01. The Hall–Kier alpha value is -1.16. The minimum absolute atomic E-state index is 0.210. The van der Waals surface area contributed by atoms with Gasteiger partial charge in [0, 0.05) is 11.1 Å². The van der Waals surface area contributed by atoms with Gasteiger partial charge in [0.25, 0.3) is 0 Å². The summed E-state index contributed by atoms with van der Waals surface area (Å²) in [5.41, 5.74) is 5.90. The van der Waals surface area contributed by atoms with E-state index in [1.807, 2.05) is 0 Å². The van der Waals surface area contributed by atoms with Crippen LogP contribution in [0.4, 0.5) is 0 Å². The van der Waals surface area contributed by atoms with Crippen molar-refractivity contribution in [2.24, 2.45) is 5.73 Å². The lowest BCUT2D eigenvalue weighted by molar-refractivity contribution is 0.0999. The summed E-state index contributed by atoms with van der Waals surface area (Å²) in [7, 11) is 0. The normalized spacial score (nSPS) is 9.42. The van der Waals surface area contributed by atoms with Gasteiger partial charge in [0.2, 0.25) is 10.6 Å². The molecule has 1 aromatic rings. The molecular formula is C8H6BrNO2. The van der Waals surface area contributed by atoms with Crippen molar-refractivity contribution >= 4 is 26.5 Å². The molecule has 0 atom stereocenters. The zero-order chi connectivity index (χ0) is 9.14. The van der Waals surface area contributed by atoms with Crippen molar-refractivity contribution in [2.75, 3.05) is 0 Å². The van der Waals surface area contributed by atoms with Crippen LogP contribution in [0.15, 0.2) is 24.3 Å². The molecule has 0 bridgehead atoms. The topological polar surface area (TPSA) is 60.2 Å². The van der Waals surface area contributed by atoms with Gasteiger partial charge in [0.05, 0.1) is 0 Å². The Kier molecular flexibility index (Phi) is 2.60. The molecule has 1 amide bonds. The molecule has 0 fully saturated rings. The Morgan fingerprint density at radius 3 is 1.83 bits per heavy atom. The SMILES string of the molecule is NC(=O)c1ccc(C(=O)Br)cc1. The Bertz CT molecular complexity index is 285. The summed E-state index contributed by atoms with van der Waals surface area (Å²) in [6, 6.07) is 6.10. The lowest BCUT2D eigenvalue weighted by atomic mass is 10.1. The number of hydrogen-bond acceptors (Lipinski definition) is 2. The smallest absolute Gasteiger partial charge is 0.248 e. The molecule has 0 aliphatic rings. The Morgan fingerprint density at radius 1 is 1.08 bits per heavy atom. The van der Waals surface area contributed by atoms with Gasteiger partial charge in [-0.15, -0.1) is 0 Å². The van der Waals surface area contributed by atoms with Crippen molar-refractivity contribution in [3.63, 3.8) is 0 Å². The summed E-state index contributed by atoms with van der Waals surface area (Å²) in [5.74, 6) is -0.497. The summed E-state index contributed by atoms with van der Waals surface area (Å²) in [6.07, 6.45) is 0. The van der Waals surface area contributed by atoms with Gasteiger partial charge in [0.15, 0.2) is 0 Å². The maximum absolute atomic E-state index is 10.7. The van der Waals surface area contributed by atoms with E-state index in [0.717, 1.165) is 0 Å². The van der Waals surface area contributed by atoms with Gasteiger partial charge in [-0.25, -0.2) is 0 Å². The number of benzene rings is 1. The summed E-state index contributed by atoms with van der Waals surface area (Å²) >= 11 is 2.79. The molecule has 0 spiro atoms. The second kappa shape index (κ2) is 3.49. The number of hydrogen-bond donors (Lipinski definition) is 1. The molecule has 1 aromatic carbocycles. The van der Waals surface area contributed by atoms with E-state index >= 15 is 0 Å². The quantitative estimate of drug-likeness (QED) is 0.776. The van der Waals surface area contributed by atoms with E-state index in [9.17, 15) is 9.59 Å². The van der Waals surface area contributed by atoms with Crippen LogP contribution in [0, 0.1) is 0 Å². The number of carbonyl (C=O) groups excluding carboxylic acids is 2. The highest BCUT2D eigenvalue weighted by Gasteiger charge is 2.02. The van der Waals surface area contributed by atoms with Crippen molar-refractivity contribution in [3.05, 3.63) is 35.4 Å². The second-order valence-electron chi connectivity index (χ2n) is 2.22. The highest BCUT2D eigenvalue weighted by atomic mass is 79.9. The van der Waals surface area contributed by atoms with Crippen LogP contribution in [0.5, 0.6) is 0 Å². The third kappa shape index (κ3) is 1.92. The minimum Gasteiger partial charge on any atom is -0.366 e. The van der Waals surface area contributed by atoms with Crippen molar-refractivity contribution in [2.45, 2.75) is 0 Å². The fraction of sp³-hybridized carbons (Fsp3) is 0. The number of halogens is 1. The maximum Gasteiger partial charge on any atom is 0.248 e. The van der Waals surface area contributed by atoms with Crippen molar-refractivity contribution in [1.82, 2.24) is 0 Å². The molecule has 0 heterocycles. The molecule has 0 aliphatic heterocycles. The Morgan fingerprint density at radius 2 is 1.50 bits per heavy atom. The van der Waals surface area contributed by atoms with E-state index in [4.69, 9.17) is 5.73 Å². The first kappa shape index (κ1) is 8.93. The number of primary amides is 1. The van der Waals surface area contributed by atoms with Crippen molar-refractivity contribution < 1.29 is 9.59 Å². The third-order valence-electron chi connectivity index (χ3n) is 1.40. The highest BCUT2D eigenvalue weighted by molar-refractivity contribution is 9.18. The van der Waals surface area contributed by atoms with Gasteiger partial charge in [-0.3, -0.25) is 9.59 Å². The van der Waals surface area contributed by atoms with E-state index < -0.39 is 5.91 Å². The first-order valence-electron chi connectivity index (χ1n) is 3.21. The minimum atomic E-state index is -0.497. The molecule has 0 saturated heterocycles. The standard InChI is InChI=1S/C8H6BrNO2/c9-7(11)5-1-3-6(4-2-5)8(10)12/h1-4H,(H2,10,12). The number of amides is 1. The molecule has 0 unspecified atom stereocenters. The number of carbonyl (C=O) groups is 2. The molecule has 0 saturated carbocycles. The monoisotopic (exact) mass is 227 g/mol. The largest absolute Gasteiger partial charge is 0.366 e. The number of rotatable bonds is 2. The second-order valence-corrected chi connectivity index (χ2v) is 2.94. The maximum atomic E-state index is 10.7. The van der Waals surface area contributed by atoms with Crippen LogP contribution in [-0.2, 0) is 0 Å². The van der Waals surface area contributed by atoms with Crippen LogP contribution < -0.4 is 5.73 Å². The van der Waals surface area contributed by atoms with E-state index in [-0.39, 0.29) is 4.69 Å². The van der Waals surface area contributed by atoms with Crippen molar-refractivity contribution in [3.8, 4) is 0 Å². The van der Waals surface area contributed by atoms with Gasteiger partial charge < -0.3 is 5.73 Å². The molecule has 2 N–H and O–H groups in total. The number of nitrogens with two attached hydrogens (primary N) is 1. The van der Waals surface area contributed by atoms with E-state index in [1.165, 1.54) is 24.3 Å². The lowest BCUT2D eigenvalue weighted by Crippen LogP contribution is -2.10. The zero-order valence-electron chi connectivity index (χ0n) is 6.08. The molecule has 62 valence electrons. The van der Waals surface area contributed by atoms with Crippen LogP contribution in [0.3, 0.4) is 0 Å². The molecule has 1 rings (SSSR count). The van der Waals surface area contributed by atoms with Crippen LogP contribution in [0.25, 0.3) is 0 Å². The molecule has 0 aromatic heterocycles. The average Bonchev–Trinajstić information content (AvgIpc) is 2.04. The predicted octanol–water partition coefficient (Wildman–Crippen LogP) is 1.32. The molecule has 0 radical (unpaired) electrons. The van der Waals surface area contributed by atoms with E-state index in [1.54, 1.807) is 0 Å². The third-order valence-corrected chi connectivity index (χ3v) is 1.85. The fourth-order valence-corrected chi connectivity index (χ4v) is 1.03. The fourth-order valence-electron chi connectivity index (χ4n) is 0.766. The predicted molar refractivity (Wildman–Crippen MR) is 48.2 cm³/mol. The molecule has 12 heavy (non-hydrogen) atoms. The van der Waals surface area contributed by atoms with Gasteiger partial charge in [0.1, 0.15) is 0 Å². The van der Waals surface area contributed by atoms with E-state index in [2.05, 4.69) is 15.9 Å². The van der Waals surface area contributed by atoms with Gasteiger partial charge in [-0.2, -0.15) is 0 Å². The first-order valence-corrected chi connectivity index (χ1v) is 4.00. The zero-order valence-corrected chi connectivity index (χ0v) is 7.67. The summed E-state index contributed by atoms with van der Waals surface area (Å²) in [6.45, 7) is 0. The van der Waals surface area contributed by atoms with Gasteiger partial charge in [-0.1, -0.05) is 0 Å². The first-order chi connectivity index (χ1) is 5.61. The molecule has 0 aliphatic carbocycles. The van der Waals surface area contributed by atoms with Crippen LogP contribution in [0.2, 0.25) is 0 Å². The summed E-state index contributed by atoms with van der Waals surface area (Å²) in [5, 5.41) is 0. The highest BCUT2D eigenvalue weighted by Crippen LogP contribution is 2.07. The van der Waals surface area contributed by atoms with Gasteiger partial charge >= 0.3 is 0 Å².